The molecule has 0 spiro atoms. The molecular formula is C21H19ClN2O3S. The number of halogens is 1. The molecule has 5 nitrogen and oxygen atoms in total. The van der Waals surface area contributed by atoms with Gasteiger partial charge in [-0.15, -0.1) is 11.3 Å². The van der Waals surface area contributed by atoms with Crippen LogP contribution in [0.25, 0.3) is 10.6 Å². The van der Waals surface area contributed by atoms with E-state index in [0.717, 1.165) is 21.7 Å². The summed E-state index contributed by atoms with van der Waals surface area (Å²) in [6.45, 7) is 5.37. The number of amides is 1. The second kappa shape index (κ2) is 8.54. The standard InChI is InChI=1S/C21H19ClN2O3S/c1-12-4-7-15(8-5-12)20-24-18(11-28-20)21(26)27-14(3)19(25)23-17-10-16(22)9-6-13(17)2/h4-11,14H,1-3H3,(H,23,25). The first-order chi connectivity index (χ1) is 13.3. The van der Waals surface area contributed by atoms with E-state index in [1.165, 1.54) is 18.3 Å². The summed E-state index contributed by atoms with van der Waals surface area (Å²) < 4.78 is 5.27. The van der Waals surface area contributed by atoms with E-state index in [-0.39, 0.29) is 5.69 Å². The lowest BCUT2D eigenvalue weighted by Crippen LogP contribution is -2.30. The van der Waals surface area contributed by atoms with Crippen LogP contribution >= 0.6 is 22.9 Å². The number of hydrogen-bond acceptors (Lipinski definition) is 5. The van der Waals surface area contributed by atoms with E-state index in [9.17, 15) is 9.59 Å². The third kappa shape index (κ3) is 4.77. The maximum absolute atomic E-state index is 12.4. The van der Waals surface area contributed by atoms with Crippen LogP contribution in [-0.4, -0.2) is 23.0 Å². The Kier molecular flexibility index (Phi) is 6.11. The molecule has 0 aliphatic heterocycles. The fourth-order valence-corrected chi connectivity index (χ4v) is 3.40. The number of anilines is 1. The van der Waals surface area contributed by atoms with Crippen LogP contribution in [0.5, 0.6) is 0 Å². The summed E-state index contributed by atoms with van der Waals surface area (Å²) in [5.74, 6) is -1.08. The van der Waals surface area contributed by atoms with E-state index < -0.39 is 18.0 Å². The molecule has 0 fully saturated rings. The van der Waals surface area contributed by atoms with Crippen molar-refractivity contribution in [1.29, 1.82) is 0 Å². The largest absolute Gasteiger partial charge is 0.448 e. The molecule has 3 aromatic rings. The minimum Gasteiger partial charge on any atom is -0.448 e. The van der Waals surface area contributed by atoms with Crippen LogP contribution in [-0.2, 0) is 9.53 Å². The van der Waals surface area contributed by atoms with Crippen LogP contribution < -0.4 is 5.32 Å². The number of nitrogens with zero attached hydrogens (tertiary/aromatic N) is 1. The van der Waals surface area contributed by atoms with Gasteiger partial charge >= 0.3 is 5.97 Å². The summed E-state index contributed by atoms with van der Waals surface area (Å²) in [6.07, 6.45) is -0.976. The first-order valence-electron chi connectivity index (χ1n) is 8.64. The topological polar surface area (TPSA) is 68.3 Å². The van der Waals surface area contributed by atoms with Gasteiger partial charge in [0.15, 0.2) is 11.8 Å². The van der Waals surface area contributed by atoms with E-state index in [2.05, 4.69) is 10.3 Å². The first kappa shape index (κ1) is 20.0. The van der Waals surface area contributed by atoms with Crippen molar-refractivity contribution in [3.8, 4) is 10.6 Å². The lowest BCUT2D eigenvalue weighted by atomic mass is 10.2. The zero-order valence-corrected chi connectivity index (χ0v) is 17.2. The van der Waals surface area contributed by atoms with E-state index in [0.29, 0.717) is 10.7 Å². The van der Waals surface area contributed by atoms with E-state index >= 15 is 0 Å². The van der Waals surface area contributed by atoms with Crippen molar-refractivity contribution in [1.82, 2.24) is 4.98 Å². The Morgan fingerprint density at radius 1 is 1.14 bits per heavy atom. The molecule has 0 aliphatic rings. The number of aryl methyl sites for hydroxylation is 2. The predicted octanol–water partition coefficient (Wildman–Crippen LogP) is 5.26. The third-order valence-electron chi connectivity index (χ3n) is 4.12. The normalized spacial score (nSPS) is 11.7. The zero-order valence-electron chi connectivity index (χ0n) is 15.7. The Balaban J connectivity index is 1.64. The van der Waals surface area contributed by atoms with Gasteiger partial charge in [-0.05, 0) is 38.5 Å². The Morgan fingerprint density at radius 3 is 2.57 bits per heavy atom. The van der Waals surface area contributed by atoms with Gasteiger partial charge in [0, 0.05) is 21.7 Å². The van der Waals surface area contributed by atoms with Crippen LogP contribution in [0.1, 0.15) is 28.5 Å². The summed E-state index contributed by atoms with van der Waals surface area (Å²) in [6, 6.07) is 13.1. The minimum absolute atomic E-state index is 0.180. The second-order valence-electron chi connectivity index (χ2n) is 6.40. The van der Waals surface area contributed by atoms with Gasteiger partial charge in [-0.2, -0.15) is 0 Å². The van der Waals surface area contributed by atoms with E-state index in [4.69, 9.17) is 16.3 Å². The average molecular weight is 415 g/mol. The Hall–Kier alpha value is -2.70. The van der Waals surface area contributed by atoms with Crippen molar-refractivity contribution < 1.29 is 14.3 Å². The minimum atomic E-state index is -0.976. The molecule has 0 radical (unpaired) electrons. The van der Waals surface area contributed by atoms with Crippen molar-refractivity contribution in [2.24, 2.45) is 0 Å². The Labute approximate surface area is 172 Å². The fraction of sp³-hybridized carbons (Fsp3) is 0.190. The highest BCUT2D eigenvalue weighted by molar-refractivity contribution is 7.13. The first-order valence-corrected chi connectivity index (χ1v) is 9.90. The number of carbonyl (C=O) groups is 2. The molecule has 1 aromatic heterocycles. The highest BCUT2D eigenvalue weighted by atomic mass is 35.5. The molecule has 0 bridgehead atoms. The van der Waals surface area contributed by atoms with E-state index in [1.807, 2.05) is 38.1 Å². The number of nitrogens with one attached hydrogen (secondary N) is 1. The van der Waals surface area contributed by atoms with Crippen LogP contribution in [0.2, 0.25) is 5.02 Å². The predicted molar refractivity (Wildman–Crippen MR) is 112 cm³/mol. The molecule has 1 amide bonds. The van der Waals surface area contributed by atoms with Crippen molar-refractivity contribution in [2.45, 2.75) is 26.9 Å². The summed E-state index contributed by atoms with van der Waals surface area (Å²) in [7, 11) is 0. The SMILES string of the molecule is Cc1ccc(-c2nc(C(=O)OC(C)C(=O)Nc3cc(Cl)ccc3C)cs2)cc1. The number of rotatable bonds is 5. The summed E-state index contributed by atoms with van der Waals surface area (Å²) >= 11 is 7.31. The number of esters is 1. The number of thiazole rings is 1. The lowest BCUT2D eigenvalue weighted by Gasteiger charge is -2.14. The van der Waals surface area contributed by atoms with Gasteiger partial charge in [-0.3, -0.25) is 4.79 Å². The number of aromatic nitrogens is 1. The second-order valence-corrected chi connectivity index (χ2v) is 7.69. The van der Waals surface area contributed by atoms with Gasteiger partial charge in [0.2, 0.25) is 0 Å². The molecule has 1 unspecified atom stereocenters. The van der Waals surface area contributed by atoms with Gasteiger partial charge < -0.3 is 10.1 Å². The highest BCUT2D eigenvalue weighted by Crippen LogP contribution is 2.25. The molecule has 1 heterocycles. The van der Waals surface area contributed by atoms with Gasteiger partial charge in [0.25, 0.3) is 5.91 Å². The molecule has 0 aliphatic carbocycles. The highest BCUT2D eigenvalue weighted by Gasteiger charge is 2.21. The molecule has 1 N–H and O–H groups in total. The number of carbonyl (C=O) groups excluding carboxylic acids is 2. The smallest absolute Gasteiger partial charge is 0.358 e. The van der Waals surface area contributed by atoms with Crippen molar-refractivity contribution in [3.63, 3.8) is 0 Å². The molecule has 28 heavy (non-hydrogen) atoms. The van der Waals surface area contributed by atoms with Gasteiger partial charge in [-0.1, -0.05) is 47.5 Å². The van der Waals surface area contributed by atoms with Crippen LogP contribution in [0.15, 0.2) is 47.8 Å². The fourth-order valence-electron chi connectivity index (χ4n) is 2.43. The summed E-state index contributed by atoms with van der Waals surface area (Å²) in [5, 5.41) is 5.59. The quantitative estimate of drug-likeness (QED) is 0.578. The van der Waals surface area contributed by atoms with Crippen molar-refractivity contribution >= 4 is 40.5 Å². The van der Waals surface area contributed by atoms with Crippen LogP contribution in [0, 0.1) is 13.8 Å². The van der Waals surface area contributed by atoms with Crippen molar-refractivity contribution in [2.75, 3.05) is 5.32 Å². The molecule has 7 heteroatoms. The maximum atomic E-state index is 12.4. The molecule has 0 saturated heterocycles. The van der Waals surface area contributed by atoms with Gasteiger partial charge in [0.1, 0.15) is 5.01 Å². The number of benzene rings is 2. The van der Waals surface area contributed by atoms with E-state index in [1.54, 1.807) is 23.6 Å². The molecule has 2 aromatic carbocycles. The zero-order chi connectivity index (χ0) is 20.3. The van der Waals surface area contributed by atoms with Crippen LogP contribution in [0.4, 0.5) is 5.69 Å². The Morgan fingerprint density at radius 2 is 1.86 bits per heavy atom. The van der Waals surface area contributed by atoms with Gasteiger partial charge in [-0.25, -0.2) is 9.78 Å². The number of ether oxygens (including phenoxy) is 1. The van der Waals surface area contributed by atoms with Crippen LogP contribution in [0.3, 0.4) is 0 Å². The molecule has 144 valence electrons. The third-order valence-corrected chi connectivity index (χ3v) is 5.25. The summed E-state index contributed by atoms with van der Waals surface area (Å²) in [5.41, 5.74) is 3.69. The summed E-state index contributed by atoms with van der Waals surface area (Å²) in [4.78, 5) is 29.0. The molecule has 0 saturated carbocycles. The monoisotopic (exact) mass is 414 g/mol. The van der Waals surface area contributed by atoms with Gasteiger partial charge in [0.05, 0.1) is 0 Å². The maximum Gasteiger partial charge on any atom is 0.358 e. The van der Waals surface area contributed by atoms with Crippen molar-refractivity contribution in [3.05, 3.63) is 69.7 Å². The molecular weight excluding hydrogens is 396 g/mol. The Bertz CT molecular complexity index is 1010. The lowest BCUT2D eigenvalue weighted by molar-refractivity contribution is -0.123. The number of hydrogen-bond donors (Lipinski definition) is 1. The molecule has 1 atom stereocenters. The molecule has 3 rings (SSSR count). The average Bonchev–Trinajstić information content (AvgIpc) is 3.15.